The van der Waals surface area contributed by atoms with Crippen LogP contribution in [0.2, 0.25) is 0 Å². The number of hydrogen-bond acceptors (Lipinski definition) is 4. The van der Waals surface area contributed by atoms with Crippen LogP contribution in [0, 0.1) is 16.2 Å². The summed E-state index contributed by atoms with van der Waals surface area (Å²) in [5, 5.41) is 4.62. The normalized spacial score (nSPS) is 23.9. The Morgan fingerprint density at radius 2 is 1.89 bits per heavy atom. The van der Waals surface area contributed by atoms with Gasteiger partial charge in [0.15, 0.2) is 0 Å². The van der Waals surface area contributed by atoms with Gasteiger partial charge in [-0.3, -0.25) is 9.80 Å². The smallest absolute Gasteiger partial charge is 0.308 e. The molecule has 5 heteroatoms. The molecule has 102 valence electrons. The van der Waals surface area contributed by atoms with Gasteiger partial charge in [-0.1, -0.05) is 0 Å². The number of nitrogens with zero attached hydrogens (tertiary/aromatic N) is 2. The highest BCUT2D eigenvalue weighted by Crippen LogP contribution is 2.46. The molecule has 0 amide bonds. The van der Waals surface area contributed by atoms with Crippen LogP contribution in [0.3, 0.4) is 0 Å². The second-order valence-corrected chi connectivity index (χ2v) is 5.56. The van der Waals surface area contributed by atoms with Crippen molar-refractivity contribution in [3.05, 3.63) is 4.91 Å². The van der Waals surface area contributed by atoms with Crippen LogP contribution < -0.4 is 0 Å². The fourth-order valence-corrected chi connectivity index (χ4v) is 3.28. The fourth-order valence-electron chi connectivity index (χ4n) is 3.28. The Morgan fingerprint density at radius 3 is 2.39 bits per heavy atom. The van der Waals surface area contributed by atoms with E-state index in [9.17, 15) is 9.70 Å². The summed E-state index contributed by atoms with van der Waals surface area (Å²) in [5.74, 6) is 0.0668. The second kappa shape index (κ2) is 5.67. The molecule has 1 saturated carbocycles. The lowest BCUT2D eigenvalue weighted by molar-refractivity contribution is -0.150. The molecule has 2 aliphatic rings. The van der Waals surface area contributed by atoms with Crippen molar-refractivity contribution in [2.45, 2.75) is 45.4 Å². The molecule has 1 aliphatic carbocycles. The molecule has 0 bridgehead atoms. The molecule has 5 nitrogen and oxygen atoms in total. The fraction of sp³-hybridized carbons (Fsp3) is 0.923. The number of carbonyl (C=O) groups excluding carboxylic acids is 1. The van der Waals surface area contributed by atoms with Crippen LogP contribution in [0.1, 0.15) is 45.4 Å². The van der Waals surface area contributed by atoms with E-state index in [-0.39, 0.29) is 11.9 Å². The molecule has 0 N–H and O–H groups in total. The molecule has 1 aliphatic heterocycles. The van der Waals surface area contributed by atoms with E-state index in [1.165, 1.54) is 0 Å². The summed E-state index contributed by atoms with van der Waals surface area (Å²) in [5.41, 5.74) is 0.351. The van der Waals surface area contributed by atoms with Gasteiger partial charge < -0.3 is 4.74 Å². The third-order valence-corrected chi connectivity index (χ3v) is 4.58. The molecule has 0 aromatic carbocycles. The minimum absolute atomic E-state index is 0.0284. The van der Waals surface area contributed by atoms with Crippen molar-refractivity contribution in [2.24, 2.45) is 16.6 Å². The molecule has 0 aromatic heterocycles. The maximum absolute atomic E-state index is 11.7. The highest BCUT2D eigenvalue weighted by Gasteiger charge is 2.40. The third kappa shape index (κ3) is 2.82. The Kier molecular flexibility index (Phi) is 4.19. The van der Waals surface area contributed by atoms with Crippen molar-refractivity contribution < 1.29 is 9.53 Å². The number of hydrogen-bond donors (Lipinski definition) is 0. The van der Waals surface area contributed by atoms with Gasteiger partial charge in [0, 0.05) is 13.1 Å². The molecule has 0 atom stereocenters. The third-order valence-electron chi connectivity index (χ3n) is 4.58. The van der Waals surface area contributed by atoms with E-state index >= 15 is 0 Å². The average Bonchev–Trinajstić information content (AvgIpc) is 2.41. The number of rotatable bonds is 3. The predicted molar refractivity (Wildman–Crippen MR) is 67.6 cm³/mol. The van der Waals surface area contributed by atoms with E-state index < -0.39 is 0 Å². The Morgan fingerprint density at radius 1 is 1.28 bits per heavy atom. The quantitative estimate of drug-likeness (QED) is 0.573. The van der Waals surface area contributed by atoms with Crippen molar-refractivity contribution in [2.75, 3.05) is 19.7 Å². The SMILES string of the molecule is CCOC(=O)C1CCC2(CC1)CCN(N=O)CC2. The van der Waals surface area contributed by atoms with Gasteiger partial charge in [-0.15, -0.1) is 4.91 Å². The number of ether oxygens (including phenoxy) is 1. The van der Waals surface area contributed by atoms with Gasteiger partial charge in [0.2, 0.25) is 0 Å². The predicted octanol–water partition coefficient (Wildman–Crippen LogP) is 2.50. The molecule has 1 spiro atoms. The first-order valence-corrected chi connectivity index (χ1v) is 6.94. The lowest BCUT2D eigenvalue weighted by atomic mass is 9.65. The summed E-state index contributed by atoms with van der Waals surface area (Å²) in [6.07, 6.45) is 6.12. The minimum Gasteiger partial charge on any atom is -0.466 e. The number of nitroso groups, excluding NO2 is 1. The zero-order chi connectivity index (χ0) is 13.0. The van der Waals surface area contributed by atoms with Crippen LogP contribution in [0.5, 0.6) is 0 Å². The summed E-state index contributed by atoms with van der Waals surface area (Å²) in [4.78, 5) is 22.1. The maximum atomic E-state index is 11.7. The first kappa shape index (κ1) is 13.3. The molecule has 18 heavy (non-hydrogen) atoms. The molecule has 2 rings (SSSR count). The average molecular weight is 254 g/mol. The lowest BCUT2D eigenvalue weighted by Gasteiger charge is -2.44. The Balaban J connectivity index is 1.83. The van der Waals surface area contributed by atoms with Crippen LogP contribution in [-0.4, -0.2) is 30.7 Å². The summed E-state index contributed by atoms with van der Waals surface area (Å²) >= 11 is 0. The maximum Gasteiger partial charge on any atom is 0.308 e. The van der Waals surface area contributed by atoms with Gasteiger partial charge in [-0.25, -0.2) is 0 Å². The van der Waals surface area contributed by atoms with Gasteiger partial charge in [0.25, 0.3) is 0 Å². The molecular weight excluding hydrogens is 232 g/mol. The van der Waals surface area contributed by atoms with Crippen LogP contribution >= 0.6 is 0 Å². The molecule has 2 fully saturated rings. The molecular formula is C13H22N2O3. The summed E-state index contributed by atoms with van der Waals surface area (Å²) < 4.78 is 5.09. The monoisotopic (exact) mass is 254 g/mol. The van der Waals surface area contributed by atoms with Crippen molar-refractivity contribution in [1.82, 2.24) is 5.01 Å². The lowest BCUT2D eigenvalue weighted by Crippen LogP contribution is -2.40. The second-order valence-electron chi connectivity index (χ2n) is 5.56. The summed E-state index contributed by atoms with van der Waals surface area (Å²) in [7, 11) is 0. The Bertz CT molecular complexity index is 301. The van der Waals surface area contributed by atoms with E-state index in [0.717, 1.165) is 51.6 Å². The topological polar surface area (TPSA) is 59.0 Å². The van der Waals surface area contributed by atoms with E-state index in [2.05, 4.69) is 5.29 Å². The zero-order valence-corrected chi connectivity index (χ0v) is 11.1. The van der Waals surface area contributed by atoms with Gasteiger partial charge in [0.1, 0.15) is 0 Å². The van der Waals surface area contributed by atoms with Crippen LogP contribution in [0.15, 0.2) is 5.29 Å². The van der Waals surface area contributed by atoms with E-state index in [1.807, 2.05) is 6.92 Å². The molecule has 1 heterocycles. The van der Waals surface area contributed by atoms with Gasteiger partial charge in [-0.05, 0) is 50.9 Å². The summed E-state index contributed by atoms with van der Waals surface area (Å²) in [6.45, 7) is 3.87. The number of carbonyl (C=O) groups is 1. The Labute approximate surface area is 108 Å². The first-order valence-electron chi connectivity index (χ1n) is 6.94. The van der Waals surface area contributed by atoms with Crippen LogP contribution in [-0.2, 0) is 9.53 Å². The van der Waals surface area contributed by atoms with E-state index in [1.54, 1.807) is 5.01 Å². The van der Waals surface area contributed by atoms with Crippen molar-refractivity contribution in [3.63, 3.8) is 0 Å². The largest absolute Gasteiger partial charge is 0.466 e. The van der Waals surface area contributed by atoms with Gasteiger partial charge >= 0.3 is 5.97 Å². The van der Waals surface area contributed by atoms with Crippen molar-refractivity contribution in [1.29, 1.82) is 0 Å². The van der Waals surface area contributed by atoms with Crippen LogP contribution in [0.25, 0.3) is 0 Å². The van der Waals surface area contributed by atoms with Crippen molar-refractivity contribution in [3.8, 4) is 0 Å². The van der Waals surface area contributed by atoms with Gasteiger partial charge in [-0.2, -0.15) is 0 Å². The molecule has 0 aromatic rings. The summed E-state index contributed by atoms with van der Waals surface area (Å²) in [6, 6.07) is 0. The number of esters is 1. The van der Waals surface area contributed by atoms with Crippen molar-refractivity contribution >= 4 is 5.97 Å². The van der Waals surface area contributed by atoms with E-state index in [0.29, 0.717) is 12.0 Å². The standard InChI is InChI=1S/C13H22N2O3/c1-2-18-12(16)11-3-5-13(6-4-11)7-9-15(14-17)10-8-13/h11H,2-10H2,1H3. The minimum atomic E-state index is -0.0284. The van der Waals surface area contributed by atoms with E-state index in [4.69, 9.17) is 4.74 Å². The van der Waals surface area contributed by atoms with Gasteiger partial charge in [0.05, 0.1) is 17.8 Å². The molecule has 0 unspecified atom stereocenters. The Hall–Kier alpha value is -1.13. The first-order chi connectivity index (χ1) is 8.69. The highest BCUT2D eigenvalue weighted by atomic mass is 16.5. The molecule has 0 radical (unpaired) electrons. The zero-order valence-electron chi connectivity index (χ0n) is 11.1. The number of piperidine rings is 1. The van der Waals surface area contributed by atoms with Crippen LogP contribution in [0.4, 0.5) is 0 Å². The highest BCUT2D eigenvalue weighted by molar-refractivity contribution is 5.72. The molecule has 1 saturated heterocycles.